The Hall–Kier alpha value is -1.90. The molecule has 2 aliphatic heterocycles. The number of nitro groups is 1. The summed E-state index contributed by atoms with van der Waals surface area (Å²) in [6, 6.07) is 4.01. The molecule has 8 nitrogen and oxygen atoms in total. The van der Waals surface area contributed by atoms with Crippen LogP contribution in [0.4, 0.5) is 5.69 Å². The van der Waals surface area contributed by atoms with Gasteiger partial charge in [-0.05, 0) is 17.9 Å². The quantitative estimate of drug-likeness (QED) is 0.592. The number of halogens is 2. The Morgan fingerprint density at radius 1 is 1.32 bits per heavy atom. The molecule has 25 heavy (non-hydrogen) atoms. The van der Waals surface area contributed by atoms with Crippen LogP contribution in [0, 0.1) is 22.0 Å². The average Bonchev–Trinajstić information content (AvgIpc) is 3.13. The minimum atomic E-state index is -0.721. The molecular weight excluding hydrogens is 371 g/mol. The number of hydrogen-bond donors (Lipinski definition) is 2. The number of benzene rings is 1. The maximum Gasteiger partial charge on any atom is 0.283 e. The molecule has 2 heterocycles. The van der Waals surface area contributed by atoms with Crippen LogP contribution in [-0.2, 0) is 4.79 Å². The van der Waals surface area contributed by atoms with Gasteiger partial charge in [0, 0.05) is 32.2 Å². The number of rotatable bonds is 4. The summed E-state index contributed by atoms with van der Waals surface area (Å²) < 4.78 is 0. The van der Waals surface area contributed by atoms with Crippen molar-refractivity contribution in [3.8, 4) is 0 Å². The highest BCUT2D eigenvalue weighted by atomic mass is 35.5. The summed E-state index contributed by atoms with van der Waals surface area (Å²) in [4.78, 5) is 36.6. The van der Waals surface area contributed by atoms with Gasteiger partial charge < -0.3 is 15.5 Å². The summed E-state index contributed by atoms with van der Waals surface area (Å²) in [6.45, 7) is 2.98. The van der Waals surface area contributed by atoms with E-state index in [0.717, 1.165) is 13.1 Å². The molecule has 0 spiro atoms. The largest absolute Gasteiger partial charge is 0.343 e. The van der Waals surface area contributed by atoms with Crippen LogP contribution in [-0.4, -0.2) is 54.4 Å². The lowest BCUT2D eigenvalue weighted by Gasteiger charge is -2.17. The van der Waals surface area contributed by atoms with Gasteiger partial charge in [-0.1, -0.05) is 17.7 Å². The molecule has 0 radical (unpaired) electrons. The van der Waals surface area contributed by atoms with E-state index in [1.807, 2.05) is 0 Å². The fraction of sp³-hybridized carbons (Fsp3) is 0.467. The zero-order valence-electron chi connectivity index (χ0n) is 13.2. The molecule has 0 saturated carbocycles. The van der Waals surface area contributed by atoms with Crippen LogP contribution in [0.15, 0.2) is 18.2 Å². The molecule has 136 valence electrons. The van der Waals surface area contributed by atoms with E-state index >= 15 is 0 Å². The average molecular weight is 389 g/mol. The molecule has 0 bridgehead atoms. The van der Waals surface area contributed by atoms with Gasteiger partial charge in [0.1, 0.15) is 5.56 Å². The van der Waals surface area contributed by atoms with Gasteiger partial charge in [-0.2, -0.15) is 0 Å². The van der Waals surface area contributed by atoms with Crippen molar-refractivity contribution in [3.63, 3.8) is 0 Å². The van der Waals surface area contributed by atoms with Crippen molar-refractivity contribution in [2.24, 2.45) is 11.8 Å². The summed E-state index contributed by atoms with van der Waals surface area (Å²) in [5.41, 5.74) is -0.603. The third kappa shape index (κ3) is 4.02. The smallest absolute Gasteiger partial charge is 0.283 e. The minimum absolute atomic E-state index is 0. The van der Waals surface area contributed by atoms with E-state index in [0.29, 0.717) is 24.9 Å². The first-order chi connectivity index (χ1) is 11.5. The highest BCUT2D eigenvalue weighted by Crippen LogP contribution is 2.27. The lowest BCUT2D eigenvalue weighted by atomic mass is 10.0. The van der Waals surface area contributed by atoms with Crippen LogP contribution in [0.5, 0.6) is 0 Å². The zero-order valence-corrected chi connectivity index (χ0v) is 14.8. The SMILES string of the molecule is Cl.O=C(NCC(=O)N1C[C@H]2CNC[C@H]2C1)c1c(Cl)cccc1[N+](=O)[O-]. The second-order valence-electron chi connectivity index (χ2n) is 6.05. The standard InChI is InChI=1S/C15H17ClN4O4.ClH/c16-11-2-1-3-12(20(23)24)14(11)15(22)18-6-13(21)19-7-9-4-17-5-10(9)8-19;/h1-3,9-10,17H,4-8H2,(H,18,22);1H/t9-,10+;. The summed E-state index contributed by atoms with van der Waals surface area (Å²) in [6.07, 6.45) is 0. The van der Waals surface area contributed by atoms with Gasteiger partial charge >= 0.3 is 0 Å². The molecule has 2 amide bonds. The highest BCUT2D eigenvalue weighted by molar-refractivity contribution is 6.34. The molecule has 2 N–H and O–H groups in total. The van der Waals surface area contributed by atoms with Crippen molar-refractivity contribution < 1.29 is 14.5 Å². The number of fused-ring (bicyclic) bond motifs is 1. The second kappa shape index (κ2) is 7.99. The van der Waals surface area contributed by atoms with Crippen molar-refractivity contribution in [3.05, 3.63) is 38.9 Å². The van der Waals surface area contributed by atoms with Crippen LogP contribution in [0.25, 0.3) is 0 Å². The number of nitrogens with one attached hydrogen (secondary N) is 2. The summed E-state index contributed by atoms with van der Waals surface area (Å²) >= 11 is 5.91. The first-order valence-electron chi connectivity index (χ1n) is 7.67. The third-order valence-electron chi connectivity index (χ3n) is 4.56. The molecule has 0 aromatic heterocycles. The third-order valence-corrected chi connectivity index (χ3v) is 4.87. The Balaban J connectivity index is 0.00000225. The number of nitrogens with zero attached hydrogens (tertiary/aromatic N) is 2. The van der Waals surface area contributed by atoms with Gasteiger partial charge in [0.05, 0.1) is 16.5 Å². The molecule has 2 atom stereocenters. The number of hydrogen-bond acceptors (Lipinski definition) is 5. The number of likely N-dealkylation sites (tertiary alicyclic amines) is 1. The van der Waals surface area contributed by atoms with Gasteiger partial charge in [-0.3, -0.25) is 19.7 Å². The van der Waals surface area contributed by atoms with E-state index in [4.69, 9.17) is 11.6 Å². The molecular formula is C15H18Cl2N4O4. The van der Waals surface area contributed by atoms with Gasteiger partial charge in [-0.15, -0.1) is 12.4 Å². The number of carbonyl (C=O) groups is 2. The maximum atomic E-state index is 12.2. The molecule has 2 fully saturated rings. The summed E-state index contributed by atoms with van der Waals surface area (Å²) in [7, 11) is 0. The Bertz CT molecular complexity index is 688. The molecule has 0 aliphatic carbocycles. The number of carbonyl (C=O) groups excluding carboxylic acids is 2. The van der Waals surface area contributed by atoms with Crippen molar-refractivity contribution in [2.75, 3.05) is 32.7 Å². The predicted octanol–water partition coefficient (Wildman–Crippen LogP) is 1.08. The van der Waals surface area contributed by atoms with Crippen LogP contribution in [0.1, 0.15) is 10.4 Å². The molecule has 0 unspecified atom stereocenters. The van der Waals surface area contributed by atoms with Gasteiger partial charge in [0.25, 0.3) is 11.6 Å². The first-order valence-corrected chi connectivity index (χ1v) is 8.04. The van der Waals surface area contributed by atoms with Crippen molar-refractivity contribution >= 4 is 41.5 Å². The molecule has 3 rings (SSSR count). The summed E-state index contributed by atoms with van der Waals surface area (Å²) in [5.74, 6) is 0.0257. The van der Waals surface area contributed by atoms with E-state index in [1.54, 1.807) is 4.90 Å². The Morgan fingerprint density at radius 2 is 1.96 bits per heavy atom. The summed E-state index contributed by atoms with van der Waals surface area (Å²) in [5, 5.41) is 16.7. The van der Waals surface area contributed by atoms with Crippen LogP contribution < -0.4 is 10.6 Å². The van der Waals surface area contributed by atoms with E-state index in [-0.39, 0.29) is 41.1 Å². The van der Waals surface area contributed by atoms with Gasteiger partial charge in [0.15, 0.2) is 0 Å². The maximum absolute atomic E-state index is 12.2. The molecule has 2 aliphatic rings. The Kier molecular flexibility index (Phi) is 6.21. The molecule has 1 aromatic carbocycles. The van der Waals surface area contributed by atoms with Crippen molar-refractivity contribution in [1.82, 2.24) is 15.5 Å². The number of nitro benzene ring substituents is 1. The Morgan fingerprint density at radius 3 is 2.56 bits per heavy atom. The number of amides is 2. The normalized spacial score (nSPS) is 21.4. The molecule has 1 aromatic rings. The van der Waals surface area contributed by atoms with Crippen molar-refractivity contribution in [1.29, 1.82) is 0 Å². The van der Waals surface area contributed by atoms with Crippen LogP contribution in [0.2, 0.25) is 5.02 Å². The molecule has 2 saturated heterocycles. The monoisotopic (exact) mass is 388 g/mol. The van der Waals surface area contributed by atoms with Gasteiger partial charge in [0.2, 0.25) is 5.91 Å². The zero-order chi connectivity index (χ0) is 17.3. The van der Waals surface area contributed by atoms with Crippen LogP contribution >= 0.6 is 24.0 Å². The van der Waals surface area contributed by atoms with E-state index in [2.05, 4.69) is 10.6 Å². The lowest BCUT2D eigenvalue weighted by molar-refractivity contribution is -0.385. The second-order valence-corrected chi connectivity index (χ2v) is 6.46. The highest BCUT2D eigenvalue weighted by Gasteiger charge is 2.38. The van der Waals surface area contributed by atoms with E-state index < -0.39 is 10.8 Å². The Labute approximate surface area is 155 Å². The lowest BCUT2D eigenvalue weighted by Crippen LogP contribution is -2.40. The van der Waals surface area contributed by atoms with E-state index in [9.17, 15) is 19.7 Å². The van der Waals surface area contributed by atoms with Crippen LogP contribution in [0.3, 0.4) is 0 Å². The fourth-order valence-electron chi connectivity index (χ4n) is 3.30. The minimum Gasteiger partial charge on any atom is -0.343 e. The fourth-order valence-corrected chi connectivity index (χ4v) is 3.56. The molecule has 10 heteroatoms. The van der Waals surface area contributed by atoms with Gasteiger partial charge in [-0.25, -0.2) is 0 Å². The topological polar surface area (TPSA) is 105 Å². The van der Waals surface area contributed by atoms with Crippen molar-refractivity contribution in [2.45, 2.75) is 0 Å². The first kappa shape index (κ1) is 19.4. The predicted molar refractivity (Wildman–Crippen MR) is 94.1 cm³/mol. The van der Waals surface area contributed by atoms with E-state index in [1.165, 1.54) is 18.2 Å².